The summed E-state index contributed by atoms with van der Waals surface area (Å²) in [4.78, 5) is 0.204. The topological polar surface area (TPSA) is 57.9 Å². The van der Waals surface area contributed by atoms with Gasteiger partial charge in [0.2, 0.25) is 0 Å². The molecule has 0 spiro atoms. The Balaban J connectivity index is 3.23. The van der Waals surface area contributed by atoms with E-state index >= 15 is 0 Å². The van der Waals surface area contributed by atoms with Gasteiger partial charge in [0.25, 0.3) is 0 Å². The van der Waals surface area contributed by atoms with Gasteiger partial charge in [-0.25, -0.2) is 8.42 Å². The van der Waals surface area contributed by atoms with Crippen LogP contribution in [0.1, 0.15) is 12.0 Å². The summed E-state index contributed by atoms with van der Waals surface area (Å²) in [6.45, 7) is 0. The van der Waals surface area contributed by atoms with Crippen LogP contribution in [0.25, 0.3) is 0 Å². The molecule has 0 radical (unpaired) electrons. The van der Waals surface area contributed by atoms with E-state index < -0.39 is 9.84 Å². The van der Waals surface area contributed by atoms with Crippen molar-refractivity contribution in [1.82, 2.24) is 0 Å². The van der Waals surface area contributed by atoms with Crippen LogP contribution in [0.2, 0.25) is 0 Å². The van der Waals surface area contributed by atoms with E-state index in [-0.39, 0.29) is 11.3 Å². The number of hydrogen-bond acceptors (Lipinski definition) is 3. The van der Waals surface area contributed by atoms with Crippen molar-refractivity contribution in [3.63, 3.8) is 0 Å². The summed E-state index contributed by atoms with van der Waals surface area (Å²) < 4.78 is 22.7. The summed E-state index contributed by atoms with van der Waals surface area (Å²) >= 11 is 0. The van der Waals surface area contributed by atoms with Gasteiger partial charge >= 0.3 is 0 Å². The molecule has 0 N–H and O–H groups in total. The molecule has 1 aromatic rings. The fourth-order valence-electron chi connectivity index (χ4n) is 1.07. The zero-order valence-corrected chi connectivity index (χ0v) is 9.00. The predicted octanol–water partition coefficient (Wildman–Crippen LogP) is 1.36. The molecule has 15 heavy (non-hydrogen) atoms. The van der Waals surface area contributed by atoms with Crippen LogP contribution in [0.4, 0.5) is 0 Å². The SMILES string of the molecule is CS(=O)(=O)c1ccccc1C#CCC#N. The van der Waals surface area contributed by atoms with Crippen molar-refractivity contribution in [2.24, 2.45) is 0 Å². The summed E-state index contributed by atoms with van der Waals surface area (Å²) in [7, 11) is -3.26. The molecule has 0 aliphatic heterocycles. The largest absolute Gasteiger partial charge is 0.224 e. The van der Waals surface area contributed by atoms with E-state index in [2.05, 4.69) is 11.8 Å². The van der Waals surface area contributed by atoms with Gasteiger partial charge in [-0.2, -0.15) is 5.26 Å². The van der Waals surface area contributed by atoms with Gasteiger partial charge in [-0.15, -0.1) is 0 Å². The van der Waals surface area contributed by atoms with Crippen LogP contribution < -0.4 is 0 Å². The molecule has 0 heterocycles. The second kappa shape index (κ2) is 4.63. The molecule has 1 aromatic carbocycles. The molecule has 0 aromatic heterocycles. The third kappa shape index (κ3) is 3.12. The summed E-state index contributed by atoms with van der Waals surface area (Å²) in [6.07, 6.45) is 1.23. The number of nitrogens with zero attached hydrogens (tertiary/aromatic N) is 1. The number of sulfone groups is 1. The molecule has 0 atom stereocenters. The molecular weight excluding hydrogens is 210 g/mol. The normalized spacial score (nSPS) is 9.87. The molecule has 3 nitrogen and oxygen atoms in total. The van der Waals surface area contributed by atoms with E-state index in [4.69, 9.17) is 5.26 Å². The average Bonchev–Trinajstić information content (AvgIpc) is 2.17. The Morgan fingerprint density at radius 3 is 2.60 bits per heavy atom. The lowest BCUT2D eigenvalue weighted by molar-refractivity contribution is 0.601. The Kier molecular flexibility index (Phi) is 3.49. The van der Waals surface area contributed by atoms with Crippen LogP contribution in [-0.2, 0) is 9.84 Å². The summed E-state index contributed by atoms with van der Waals surface area (Å²) in [5, 5.41) is 8.30. The van der Waals surface area contributed by atoms with Crippen molar-refractivity contribution in [3.8, 4) is 17.9 Å². The smallest absolute Gasteiger partial charge is 0.176 e. The quantitative estimate of drug-likeness (QED) is 0.670. The minimum absolute atomic E-state index is 0.0953. The van der Waals surface area contributed by atoms with Gasteiger partial charge in [-0.3, -0.25) is 0 Å². The van der Waals surface area contributed by atoms with E-state index in [9.17, 15) is 8.42 Å². The minimum atomic E-state index is -3.26. The van der Waals surface area contributed by atoms with Crippen LogP contribution in [0.5, 0.6) is 0 Å². The Morgan fingerprint density at radius 2 is 2.00 bits per heavy atom. The molecule has 76 valence electrons. The Hall–Kier alpha value is -1.78. The second-order valence-electron chi connectivity index (χ2n) is 2.90. The highest BCUT2D eigenvalue weighted by Gasteiger charge is 2.10. The maximum Gasteiger partial charge on any atom is 0.176 e. The van der Waals surface area contributed by atoms with E-state index in [1.165, 1.54) is 6.07 Å². The molecule has 0 saturated carbocycles. The van der Waals surface area contributed by atoms with E-state index in [0.717, 1.165) is 6.26 Å². The fourth-order valence-corrected chi connectivity index (χ4v) is 1.92. The molecule has 0 unspecified atom stereocenters. The van der Waals surface area contributed by atoms with Gasteiger partial charge in [0.15, 0.2) is 9.84 Å². The number of benzene rings is 1. The number of nitriles is 1. The molecule has 0 amide bonds. The van der Waals surface area contributed by atoms with Gasteiger partial charge in [0.05, 0.1) is 17.4 Å². The number of rotatable bonds is 1. The zero-order valence-electron chi connectivity index (χ0n) is 8.19. The summed E-state index contributed by atoms with van der Waals surface area (Å²) in [5.41, 5.74) is 0.440. The van der Waals surface area contributed by atoms with Crippen LogP contribution in [0.15, 0.2) is 29.2 Å². The third-order valence-electron chi connectivity index (χ3n) is 1.68. The first kappa shape index (κ1) is 11.3. The highest BCUT2D eigenvalue weighted by Crippen LogP contribution is 2.13. The van der Waals surface area contributed by atoms with Gasteiger partial charge in [-0.1, -0.05) is 24.0 Å². The molecule has 1 rings (SSSR count). The van der Waals surface area contributed by atoms with Gasteiger partial charge in [0.1, 0.15) is 0 Å². The Bertz CT molecular complexity index is 556. The highest BCUT2D eigenvalue weighted by atomic mass is 32.2. The summed E-state index contributed by atoms with van der Waals surface area (Å²) in [5.74, 6) is 5.26. The van der Waals surface area contributed by atoms with Crippen LogP contribution in [0.3, 0.4) is 0 Å². The molecule has 0 fully saturated rings. The van der Waals surface area contributed by atoms with E-state index in [1.807, 2.05) is 6.07 Å². The van der Waals surface area contributed by atoms with Crippen LogP contribution in [-0.4, -0.2) is 14.7 Å². The lowest BCUT2D eigenvalue weighted by Gasteiger charge is -2.00. The molecule has 0 saturated heterocycles. The zero-order chi connectivity index (χ0) is 11.3. The van der Waals surface area contributed by atoms with Crippen molar-refractivity contribution in [3.05, 3.63) is 29.8 Å². The molecule has 0 bridgehead atoms. The van der Waals surface area contributed by atoms with Crippen molar-refractivity contribution in [2.75, 3.05) is 6.26 Å². The van der Waals surface area contributed by atoms with E-state index in [1.54, 1.807) is 18.2 Å². The van der Waals surface area contributed by atoms with Crippen molar-refractivity contribution in [2.45, 2.75) is 11.3 Å². The van der Waals surface area contributed by atoms with Crippen LogP contribution >= 0.6 is 0 Å². The third-order valence-corrected chi connectivity index (χ3v) is 2.83. The van der Waals surface area contributed by atoms with Crippen molar-refractivity contribution >= 4 is 9.84 Å². The molecular formula is C11H9NO2S. The lowest BCUT2D eigenvalue weighted by atomic mass is 10.2. The second-order valence-corrected chi connectivity index (χ2v) is 4.89. The molecule has 4 heteroatoms. The highest BCUT2D eigenvalue weighted by molar-refractivity contribution is 7.90. The first-order valence-corrected chi connectivity index (χ1v) is 6.10. The van der Waals surface area contributed by atoms with Crippen molar-refractivity contribution in [1.29, 1.82) is 5.26 Å². The van der Waals surface area contributed by atoms with Gasteiger partial charge in [0, 0.05) is 11.8 Å². The Labute approximate surface area is 89.3 Å². The van der Waals surface area contributed by atoms with Gasteiger partial charge < -0.3 is 0 Å². The predicted molar refractivity (Wildman–Crippen MR) is 56.7 cm³/mol. The maximum atomic E-state index is 11.4. The Morgan fingerprint density at radius 1 is 1.33 bits per heavy atom. The standard InChI is InChI=1S/C11H9NO2S/c1-15(13,14)11-8-3-2-6-10(11)7-4-5-9-12/h2-3,6,8H,5H2,1H3. The first-order chi connectivity index (χ1) is 7.05. The van der Waals surface area contributed by atoms with Crippen LogP contribution in [0, 0.1) is 23.2 Å². The van der Waals surface area contributed by atoms with Crippen molar-refractivity contribution < 1.29 is 8.42 Å². The molecule has 0 aliphatic rings. The average molecular weight is 219 g/mol. The lowest BCUT2D eigenvalue weighted by Crippen LogP contribution is -1.99. The van der Waals surface area contributed by atoms with E-state index in [0.29, 0.717) is 5.56 Å². The number of hydrogen-bond donors (Lipinski definition) is 0. The monoisotopic (exact) mass is 219 g/mol. The minimum Gasteiger partial charge on any atom is -0.224 e. The molecule has 0 aliphatic carbocycles. The van der Waals surface area contributed by atoms with Gasteiger partial charge in [-0.05, 0) is 12.1 Å². The summed E-state index contributed by atoms with van der Waals surface area (Å²) in [6, 6.07) is 8.36. The first-order valence-electron chi connectivity index (χ1n) is 4.20. The fraction of sp³-hybridized carbons (Fsp3) is 0.182. The maximum absolute atomic E-state index is 11.4.